The average molecular weight is 345 g/mol. The van der Waals surface area contributed by atoms with Crippen LogP contribution in [0.1, 0.15) is 37.7 Å². The second-order valence-electron chi connectivity index (χ2n) is 6.88. The van der Waals surface area contributed by atoms with E-state index < -0.39 is 5.97 Å². The number of rotatable bonds is 7. The van der Waals surface area contributed by atoms with Crippen molar-refractivity contribution < 1.29 is 14.7 Å². The van der Waals surface area contributed by atoms with Crippen LogP contribution in [0.5, 0.6) is 0 Å². The standard InChI is InChI=1S/C19H27N3O3/c23-18(24)4-2-1-3-15-5-7-16(8-6-15)21-13-14-22(19(21)25)17-9-11-20-12-10-17/h5-8,17,20H,1-4,9-14H2,(H,23,24). The minimum absolute atomic E-state index is 0.126. The van der Waals surface area contributed by atoms with Crippen LogP contribution in [0.4, 0.5) is 10.5 Å². The van der Waals surface area contributed by atoms with Gasteiger partial charge in [0.2, 0.25) is 0 Å². The zero-order valence-corrected chi connectivity index (χ0v) is 14.6. The van der Waals surface area contributed by atoms with Crippen molar-refractivity contribution in [2.24, 2.45) is 0 Å². The van der Waals surface area contributed by atoms with Crippen LogP contribution in [-0.2, 0) is 11.2 Å². The molecule has 2 heterocycles. The molecular weight excluding hydrogens is 318 g/mol. The van der Waals surface area contributed by atoms with Gasteiger partial charge >= 0.3 is 12.0 Å². The maximum Gasteiger partial charge on any atom is 0.324 e. The SMILES string of the molecule is O=C(O)CCCCc1ccc(N2CCN(C3CCNCC3)C2=O)cc1. The van der Waals surface area contributed by atoms with E-state index in [1.807, 2.05) is 21.9 Å². The number of aliphatic carboxylic acids is 1. The number of nitrogens with one attached hydrogen (secondary N) is 1. The molecule has 2 saturated heterocycles. The number of carbonyl (C=O) groups excluding carboxylic acids is 1. The molecule has 6 nitrogen and oxygen atoms in total. The van der Waals surface area contributed by atoms with E-state index in [4.69, 9.17) is 5.11 Å². The highest BCUT2D eigenvalue weighted by Crippen LogP contribution is 2.25. The Morgan fingerprint density at radius 2 is 1.84 bits per heavy atom. The first-order chi connectivity index (χ1) is 12.1. The molecule has 136 valence electrons. The summed E-state index contributed by atoms with van der Waals surface area (Å²) in [5.74, 6) is -0.735. The zero-order valence-electron chi connectivity index (χ0n) is 14.6. The lowest BCUT2D eigenvalue weighted by molar-refractivity contribution is -0.137. The van der Waals surface area contributed by atoms with Gasteiger partial charge in [0.05, 0.1) is 0 Å². The lowest BCUT2D eigenvalue weighted by Gasteiger charge is -2.31. The molecule has 1 aromatic rings. The highest BCUT2D eigenvalue weighted by molar-refractivity contribution is 5.94. The van der Waals surface area contributed by atoms with E-state index >= 15 is 0 Å². The van der Waals surface area contributed by atoms with Gasteiger partial charge in [0, 0.05) is 31.2 Å². The minimum atomic E-state index is -0.735. The number of unbranched alkanes of at least 4 members (excludes halogenated alkanes) is 1. The predicted molar refractivity (Wildman–Crippen MR) is 97.0 cm³/mol. The third kappa shape index (κ3) is 4.51. The molecule has 0 saturated carbocycles. The van der Waals surface area contributed by atoms with Gasteiger partial charge in [-0.05, 0) is 62.9 Å². The molecule has 0 atom stereocenters. The molecule has 3 rings (SSSR count). The van der Waals surface area contributed by atoms with Gasteiger partial charge in [-0.15, -0.1) is 0 Å². The zero-order chi connectivity index (χ0) is 17.6. The molecule has 0 radical (unpaired) electrons. The molecule has 0 aliphatic carbocycles. The van der Waals surface area contributed by atoms with Crippen molar-refractivity contribution in [3.8, 4) is 0 Å². The number of piperidine rings is 1. The number of anilines is 1. The van der Waals surface area contributed by atoms with E-state index in [-0.39, 0.29) is 12.5 Å². The number of nitrogens with zero attached hydrogens (tertiary/aromatic N) is 2. The highest BCUT2D eigenvalue weighted by Gasteiger charge is 2.34. The summed E-state index contributed by atoms with van der Waals surface area (Å²) in [6.07, 6.45) is 4.75. The fraction of sp³-hybridized carbons (Fsp3) is 0.579. The maximum absolute atomic E-state index is 12.7. The van der Waals surface area contributed by atoms with Crippen molar-refractivity contribution in [1.82, 2.24) is 10.2 Å². The first kappa shape index (κ1) is 17.7. The largest absolute Gasteiger partial charge is 0.481 e. The van der Waals surface area contributed by atoms with E-state index in [2.05, 4.69) is 17.4 Å². The van der Waals surface area contributed by atoms with E-state index in [0.717, 1.165) is 57.5 Å². The molecule has 0 bridgehead atoms. The number of amides is 2. The fourth-order valence-electron chi connectivity index (χ4n) is 3.70. The summed E-state index contributed by atoms with van der Waals surface area (Å²) >= 11 is 0. The van der Waals surface area contributed by atoms with Crippen LogP contribution >= 0.6 is 0 Å². The van der Waals surface area contributed by atoms with Gasteiger partial charge in [-0.2, -0.15) is 0 Å². The van der Waals surface area contributed by atoms with Crippen molar-refractivity contribution in [1.29, 1.82) is 0 Å². The topological polar surface area (TPSA) is 72.9 Å². The minimum Gasteiger partial charge on any atom is -0.481 e. The van der Waals surface area contributed by atoms with Gasteiger partial charge in [-0.1, -0.05) is 12.1 Å². The number of aryl methyl sites for hydroxylation is 1. The molecule has 2 fully saturated rings. The Kier molecular flexibility index (Phi) is 5.91. The first-order valence-electron chi connectivity index (χ1n) is 9.25. The molecule has 2 aliphatic heterocycles. The predicted octanol–water partition coefficient (Wildman–Crippen LogP) is 2.48. The Bertz CT molecular complexity index is 596. The molecule has 0 unspecified atom stereocenters. The highest BCUT2D eigenvalue weighted by atomic mass is 16.4. The molecule has 0 aromatic heterocycles. The van der Waals surface area contributed by atoms with Gasteiger partial charge in [0.15, 0.2) is 0 Å². The van der Waals surface area contributed by atoms with E-state index in [9.17, 15) is 9.59 Å². The molecule has 0 spiro atoms. The quantitative estimate of drug-likeness (QED) is 0.745. The summed E-state index contributed by atoms with van der Waals surface area (Å²) in [5.41, 5.74) is 2.15. The van der Waals surface area contributed by atoms with Gasteiger partial charge in [0.1, 0.15) is 0 Å². The van der Waals surface area contributed by atoms with Crippen LogP contribution in [0.25, 0.3) is 0 Å². The molecule has 2 N–H and O–H groups in total. The number of hydrogen-bond acceptors (Lipinski definition) is 3. The summed E-state index contributed by atoms with van der Waals surface area (Å²) in [5, 5.41) is 12.0. The third-order valence-corrected chi connectivity index (χ3v) is 5.14. The molecule has 6 heteroatoms. The van der Waals surface area contributed by atoms with E-state index in [0.29, 0.717) is 12.5 Å². The van der Waals surface area contributed by atoms with Crippen molar-refractivity contribution >= 4 is 17.7 Å². The Balaban J connectivity index is 1.53. The number of carboxylic acid groups (broad SMARTS) is 1. The fourth-order valence-corrected chi connectivity index (χ4v) is 3.70. The summed E-state index contributed by atoms with van der Waals surface area (Å²) in [6.45, 7) is 3.54. The van der Waals surface area contributed by atoms with Crippen LogP contribution in [0.15, 0.2) is 24.3 Å². The lowest BCUT2D eigenvalue weighted by Crippen LogP contribution is -2.45. The monoisotopic (exact) mass is 345 g/mol. The normalized spacial score (nSPS) is 18.8. The van der Waals surface area contributed by atoms with Gasteiger partial charge in [0.25, 0.3) is 0 Å². The average Bonchev–Trinajstić information content (AvgIpc) is 3.01. The van der Waals surface area contributed by atoms with E-state index in [1.54, 1.807) is 0 Å². The number of benzene rings is 1. The Hall–Kier alpha value is -2.08. The Morgan fingerprint density at radius 3 is 2.52 bits per heavy atom. The molecule has 1 aromatic carbocycles. The Labute approximate surface area is 148 Å². The van der Waals surface area contributed by atoms with Crippen molar-refractivity contribution in [2.75, 3.05) is 31.1 Å². The smallest absolute Gasteiger partial charge is 0.324 e. The van der Waals surface area contributed by atoms with Crippen LogP contribution in [0, 0.1) is 0 Å². The van der Waals surface area contributed by atoms with Crippen molar-refractivity contribution in [2.45, 2.75) is 44.6 Å². The Morgan fingerprint density at radius 1 is 1.12 bits per heavy atom. The maximum atomic E-state index is 12.7. The summed E-state index contributed by atoms with van der Waals surface area (Å²) in [6, 6.07) is 8.62. The molecule has 2 aliphatic rings. The van der Waals surface area contributed by atoms with Crippen LogP contribution in [0.2, 0.25) is 0 Å². The number of urea groups is 1. The van der Waals surface area contributed by atoms with Gasteiger partial charge in [-0.3, -0.25) is 9.69 Å². The van der Waals surface area contributed by atoms with Crippen molar-refractivity contribution in [3.63, 3.8) is 0 Å². The molecule has 2 amide bonds. The number of carbonyl (C=O) groups is 2. The van der Waals surface area contributed by atoms with Gasteiger partial charge < -0.3 is 15.3 Å². The van der Waals surface area contributed by atoms with Crippen LogP contribution < -0.4 is 10.2 Å². The second kappa shape index (κ2) is 8.34. The summed E-state index contributed by atoms with van der Waals surface area (Å²) in [7, 11) is 0. The molecule has 25 heavy (non-hydrogen) atoms. The van der Waals surface area contributed by atoms with E-state index in [1.165, 1.54) is 5.56 Å². The molecular formula is C19H27N3O3. The van der Waals surface area contributed by atoms with Crippen LogP contribution in [-0.4, -0.2) is 54.2 Å². The van der Waals surface area contributed by atoms with Gasteiger partial charge in [-0.25, -0.2) is 4.79 Å². The first-order valence-corrected chi connectivity index (χ1v) is 9.25. The van der Waals surface area contributed by atoms with Crippen molar-refractivity contribution in [3.05, 3.63) is 29.8 Å². The number of carboxylic acids is 1. The lowest BCUT2D eigenvalue weighted by atomic mass is 10.1. The summed E-state index contributed by atoms with van der Waals surface area (Å²) in [4.78, 5) is 27.2. The third-order valence-electron chi connectivity index (χ3n) is 5.14. The summed E-state index contributed by atoms with van der Waals surface area (Å²) < 4.78 is 0. The van der Waals surface area contributed by atoms with Crippen LogP contribution in [0.3, 0.4) is 0 Å². The number of hydrogen-bond donors (Lipinski definition) is 2. The second-order valence-corrected chi connectivity index (χ2v) is 6.88.